The number of nitrogens with one attached hydrogen (secondary N) is 1. The number of pyridine rings is 1. The molecule has 1 aromatic heterocycles. The Labute approximate surface area is 126 Å². The lowest BCUT2D eigenvalue weighted by atomic mass is 10.2. The number of esters is 1. The van der Waals surface area contributed by atoms with E-state index < -0.39 is 5.97 Å². The lowest BCUT2D eigenvalue weighted by Gasteiger charge is -2.20. The first kappa shape index (κ1) is 17.2. The molecule has 0 fully saturated rings. The van der Waals surface area contributed by atoms with Crippen molar-refractivity contribution in [2.75, 3.05) is 37.8 Å². The Kier molecular flexibility index (Phi) is 6.94. The highest BCUT2D eigenvalue weighted by molar-refractivity contribution is 5.95. The van der Waals surface area contributed by atoms with Gasteiger partial charge in [0.05, 0.1) is 24.1 Å². The molecule has 0 spiro atoms. The molecular weight excluding hydrogens is 268 g/mol. The summed E-state index contributed by atoms with van der Waals surface area (Å²) < 4.78 is 4.97. The van der Waals surface area contributed by atoms with E-state index in [2.05, 4.69) is 36.1 Å². The van der Waals surface area contributed by atoms with E-state index in [0.29, 0.717) is 29.7 Å². The van der Waals surface area contributed by atoms with E-state index in [4.69, 9.17) is 10.5 Å². The van der Waals surface area contributed by atoms with Crippen LogP contribution in [0.5, 0.6) is 0 Å². The van der Waals surface area contributed by atoms with Crippen molar-refractivity contribution in [1.82, 2.24) is 9.88 Å². The van der Waals surface area contributed by atoms with Gasteiger partial charge < -0.3 is 20.7 Å². The normalized spacial score (nSPS) is 11.0. The van der Waals surface area contributed by atoms with Gasteiger partial charge in [0.2, 0.25) is 0 Å². The van der Waals surface area contributed by atoms with Gasteiger partial charge in [0, 0.05) is 12.6 Å². The molecule has 21 heavy (non-hydrogen) atoms. The van der Waals surface area contributed by atoms with E-state index in [1.54, 1.807) is 13.0 Å². The molecule has 118 valence electrons. The van der Waals surface area contributed by atoms with Crippen molar-refractivity contribution in [2.45, 2.75) is 33.2 Å². The first-order valence-electron chi connectivity index (χ1n) is 7.32. The quantitative estimate of drug-likeness (QED) is 0.564. The zero-order chi connectivity index (χ0) is 15.8. The number of nitrogens with two attached hydrogens (primary N) is 1. The molecule has 0 radical (unpaired) electrons. The highest BCUT2D eigenvalue weighted by atomic mass is 16.5. The van der Waals surface area contributed by atoms with Crippen LogP contribution in [0.4, 0.5) is 11.5 Å². The highest BCUT2D eigenvalue weighted by Gasteiger charge is 2.12. The van der Waals surface area contributed by atoms with Crippen LogP contribution in [0.15, 0.2) is 12.3 Å². The number of ether oxygens (including phenoxy) is 1. The summed E-state index contributed by atoms with van der Waals surface area (Å²) >= 11 is 0. The molecule has 1 rings (SSSR count). The minimum Gasteiger partial charge on any atom is -0.462 e. The molecule has 0 aliphatic rings. The van der Waals surface area contributed by atoms with E-state index in [1.165, 1.54) is 6.20 Å². The molecular formula is C15H26N4O2. The van der Waals surface area contributed by atoms with Crippen molar-refractivity contribution in [3.8, 4) is 0 Å². The van der Waals surface area contributed by atoms with Crippen molar-refractivity contribution in [1.29, 1.82) is 0 Å². The zero-order valence-electron chi connectivity index (χ0n) is 13.3. The predicted molar refractivity (Wildman–Crippen MR) is 85.5 cm³/mol. The fraction of sp³-hybridized carbons (Fsp3) is 0.600. The summed E-state index contributed by atoms with van der Waals surface area (Å²) in [7, 11) is 2.10. The summed E-state index contributed by atoms with van der Waals surface area (Å²) in [5.74, 6) is 0.222. The van der Waals surface area contributed by atoms with Gasteiger partial charge in [-0.2, -0.15) is 0 Å². The number of anilines is 2. The molecule has 0 saturated heterocycles. The molecule has 0 saturated carbocycles. The molecule has 0 aliphatic heterocycles. The first-order chi connectivity index (χ1) is 9.95. The second kappa shape index (κ2) is 8.46. The molecule has 0 bridgehead atoms. The Balaban J connectivity index is 2.53. The molecule has 1 heterocycles. The van der Waals surface area contributed by atoms with Gasteiger partial charge in [-0.25, -0.2) is 9.78 Å². The van der Waals surface area contributed by atoms with Crippen molar-refractivity contribution in [2.24, 2.45) is 0 Å². The average molecular weight is 294 g/mol. The van der Waals surface area contributed by atoms with Crippen molar-refractivity contribution < 1.29 is 9.53 Å². The first-order valence-corrected chi connectivity index (χ1v) is 7.32. The van der Waals surface area contributed by atoms with E-state index in [-0.39, 0.29) is 0 Å². The van der Waals surface area contributed by atoms with Crippen molar-refractivity contribution >= 4 is 17.5 Å². The van der Waals surface area contributed by atoms with Gasteiger partial charge in [0.1, 0.15) is 5.82 Å². The van der Waals surface area contributed by atoms with Crippen LogP contribution in [-0.4, -0.2) is 48.6 Å². The summed E-state index contributed by atoms with van der Waals surface area (Å²) in [6, 6.07) is 2.18. The van der Waals surface area contributed by atoms with Crippen LogP contribution in [0.2, 0.25) is 0 Å². The molecule has 3 N–H and O–H groups in total. The monoisotopic (exact) mass is 294 g/mol. The van der Waals surface area contributed by atoms with Crippen molar-refractivity contribution in [3.05, 3.63) is 17.8 Å². The number of carbonyl (C=O) groups excluding carboxylic acids is 1. The predicted octanol–water partition coefficient (Wildman–Crippen LogP) is 1.98. The van der Waals surface area contributed by atoms with Crippen LogP contribution < -0.4 is 11.1 Å². The third kappa shape index (κ3) is 5.59. The van der Waals surface area contributed by atoms with Gasteiger partial charge >= 0.3 is 5.97 Å². The summed E-state index contributed by atoms with van der Waals surface area (Å²) in [5, 5.41) is 3.20. The van der Waals surface area contributed by atoms with Gasteiger partial charge in [0.15, 0.2) is 0 Å². The fourth-order valence-electron chi connectivity index (χ4n) is 1.75. The summed E-state index contributed by atoms with van der Waals surface area (Å²) in [5.41, 5.74) is 6.44. The Hall–Kier alpha value is -1.82. The van der Waals surface area contributed by atoms with Crippen LogP contribution in [-0.2, 0) is 4.74 Å². The molecule has 6 heteroatoms. The molecule has 0 aromatic carbocycles. The number of carbonyl (C=O) groups is 1. The van der Waals surface area contributed by atoms with Crippen LogP contribution in [0.25, 0.3) is 0 Å². The number of hydrogen-bond acceptors (Lipinski definition) is 6. The van der Waals surface area contributed by atoms with Crippen molar-refractivity contribution in [3.63, 3.8) is 0 Å². The van der Waals surface area contributed by atoms with E-state index in [1.807, 2.05) is 0 Å². The molecule has 0 aliphatic carbocycles. The van der Waals surface area contributed by atoms with Crippen LogP contribution in [0.3, 0.4) is 0 Å². The van der Waals surface area contributed by atoms with Crippen LogP contribution in [0.1, 0.15) is 37.6 Å². The molecule has 0 atom stereocenters. The Morgan fingerprint density at radius 1 is 1.52 bits per heavy atom. The van der Waals surface area contributed by atoms with Gasteiger partial charge in [-0.15, -0.1) is 0 Å². The molecule has 1 aromatic rings. The summed E-state index contributed by atoms with van der Waals surface area (Å²) in [4.78, 5) is 18.2. The van der Waals surface area contributed by atoms with Crippen LogP contribution >= 0.6 is 0 Å². The summed E-state index contributed by atoms with van der Waals surface area (Å²) in [6.45, 7) is 8.21. The minimum absolute atomic E-state index is 0.324. The van der Waals surface area contributed by atoms with E-state index in [0.717, 1.165) is 19.5 Å². The molecule has 0 unspecified atom stereocenters. The SMILES string of the molecule is CCOC(=O)c1cc(NCCCN(C)C(C)C)ncc1N. The van der Waals surface area contributed by atoms with Gasteiger partial charge in [-0.05, 0) is 46.9 Å². The maximum Gasteiger partial charge on any atom is 0.340 e. The lowest BCUT2D eigenvalue weighted by molar-refractivity contribution is 0.0527. The Bertz CT molecular complexity index is 463. The van der Waals surface area contributed by atoms with Gasteiger partial charge in [0.25, 0.3) is 0 Å². The zero-order valence-corrected chi connectivity index (χ0v) is 13.3. The number of rotatable bonds is 8. The fourth-order valence-corrected chi connectivity index (χ4v) is 1.75. The smallest absolute Gasteiger partial charge is 0.340 e. The molecule has 0 amide bonds. The highest BCUT2D eigenvalue weighted by Crippen LogP contribution is 2.16. The molecule has 6 nitrogen and oxygen atoms in total. The number of aromatic nitrogens is 1. The summed E-state index contributed by atoms with van der Waals surface area (Å²) in [6.07, 6.45) is 2.48. The average Bonchev–Trinajstić information content (AvgIpc) is 2.44. The van der Waals surface area contributed by atoms with Gasteiger partial charge in [-0.3, -0.25) is 0 Å². The second-order valence-corrected chi connectivity index (χ2v) is 5.23. The lowest BCUT2D eigenvalue weighted by Crippen LogP contribution is -2.28. The maximum atomic E-state index is 11.7. The Morgan fingerprint density at radius 2 is 2.24 bits per heavy atom. The topological polar surface area (TPSA) is 80.5 Å². The number of hydrogen-bond donors (Lipinski definition) is 2. The second-order valence-electron chi connectivity index (χ2n) is 5.23. The third-order valence-electron chi connectivity index (χ3n) is 3.31. The van der Waals surface area contributed by atoms with E-state index in [9.17, 15) is 4.79 Å². The van der Waals surface area contributed by atoms with E-state index >= 15 is 0 Å². The number of nitrogen functional groups attached to an aromatic ring is 1. The number of nitrogens with zero attached hydrogens (tertiary/aromatic N) is 2. The third-order valence-corrected chi connectivity index (χ3v) is 3.31. The minimum atomic E-state index is -0.417. The Morgan fingerprint density at radius 3 is 2.86 bits per heavy atom. The largest absolute Gasteiger partial charge is 0.462 e. The van der Waals surface area contributed by atoms with Gasteiger partial charge in [-0.1, -0.05) is 0 Å². The van der Waals surface area contributed by atoms with Crippen LogP contribution in [0, 0.1) is 0 Å². The standard InChI is InChI=1S/C15H26N4O2/c1-5-21-15(20)12-9-14(18-10-13(12)16)17-7-6-8-19(4)11(2)3/h9-11H,5-8,16H2,1-4H3,(H,17,18). The maximum absolute atomic E-state index is 11.7.